The van der Waals surface area contributed by atoms with Crippen molar-refractivity contribution in [1.82, 2.24) is 14.8 Å². The van der Waals surface area contributed by atoms with E-state index in [1.54, 1.807) is 38.5 Å². The number of rotatable bonds is 11. The number of ether oxygens (including phenoxy) is 3. The molecule has 180 valence electrons. The largest absolute Gasteiger partial charge is 0.497 e. The van der Waals surface area contributed by atoms with Gasteiger partial charge in [0.05, 0.1) is 25.7 Å². The van der Waals surface area contributed by atoms with Crippen LogP contribution in [0.1, 0.15) is 30.0 Å². The van der Waals surface area contributed by atoms with E-state index in [-0.39, 0.29) is 17.8 Å². The van der Waals surface area contributed by atoms with Crippen molar-refractivity contribution in [3.63, 3.8) is 0 Å². The van der Waals surface area contributed by atoms with Gasteiger partial charge in [-0.05, 0) is 56.2 Å². The van der Waals surface area contributed by atoms with Gasteiger partial charge in [0, 0.05) is 12.6 Å². The zero-order valence-electron chi connectivity index (χ0n) is 20.1. The van der Waals surface area contributed by atoms with Crippen LogP contribution in [0.2, 0.25) is 0 Å². The number of benzene rings is 2. The summed E-state index contributed by atoms with van der Waals surface area (Å²) >= 11 is 1.29. The van der Waals surface area contributed by atoms with E-state index in [2.05, 4.69) is 28.2 Å². The minimum Gasteiger partial charge on any atom is -0.497 e. The second kappa shape index (κ2) is 11.6. The molecule has 9 heteroatoms. The highest BCUT2D eigenvalue weighted by Gasteiger charge is 2.20. The number of hydrogen-bond donors (Lipinski definition) is 1. The quantitative estimate of drug-likeness (QED) is 0.305. The molecular formula is C25H30N4O4S. The smallest absolute Gasteiger partial charge is 0.234 e. The van der Waals surface area contributed by atoms with Crippen molar-refractivity contribution >= 4 is 23.4 Å². The molecule has 0 bridgehead atoms. The third kappa shape index (κ3) is 6.32. The molecule has 0 aliphatic rings. The number of methoxy groups -OCH3 is 2. The van der Waals surface area contributed by atoms with Gasteiger partial charge in [-0.1, -0.05) is 23.9 Å². The van der Waals surface area contributed by atoms with Crippen molar-refractivity contribution in [2.45, 2.75) is 38.6 Å². The maximum atomic E-state index is 12.6. The average molecular weight is 483 g/mol. The second-order valence-corrected chi connectivity index (χ2v) is 8.67. The molecule has 1 aromatic heterocycles. The zero-order chi connectivity index (χ0) is 24.7. The minimum absolute atomic E-state index is 0.141. The molecule has 1 N–H and O–H groups in total. The molecule has 0 fully saturated rings. The third-order valence-corrected chi connectivity index (χ3v) is 5.91. The molecule has 3 aromatic rings. The summed E-state index contributed by atoms with van der Waals surface area (Å²) in [5.74, 6) is 2.55. The molecule has 3 rings (SSSR count). The Bertz CT molecular complexity index is 1140. The molecule has 34 heavy (non-hydrogen) atoms. The molecule has 0 aliphatic carbocycles. The number of amides is 1. The highest BCUT2D eigenvalue weighted by atomic mass is 32.2. The van der Waals surface area contributed by atoms with Crippen molar-refractivity contribution in [2.75, 3.05) is 25.3 Å². The first-order valence-electron chi connectivity index (χ1n) is 10.8. The van der Waals surface area contributed by atoms with Crippen LogP contribution in [-0.4, -0.2) is 40.6 Å². The lowest BCUT2D eigenvalue weighted by Gasteiger charge is -2.16. The number of anilines is 1. The van der Waals surface area contributed by atoms with E-state index in [9.17, 15) is 4.79 Å². The Hall–Kier alpha value is -3.46. The van der Waals surface area contributed by atoms with Crippen LogP contribution in [0.4, 0.5) is 5.69 Å². The number of thioether (sulfide) groups is 1. The molecule has 2 aromatic carbocycles. The van der Waals surface area contributed by atoms with Crippen molar-refractivity contribution < 1.29 is 19.0 Å². The summed E-state index contributed by atoms with van der Waals surface area (Å²) in [6.07, 6.45) is 1.43. The summed E-state index contributed by atoms with van der Waals surface area (Å²) < 4.78 is 18.6. The van der Waals surface area contributed by atoms with Crippen LogP contribution >= 0.6 is 11.8 Å². The van der Waals surface area contributed by atoms with Crippen LogP contribution in [0, 0.1) is 13.8 Å². The van der Waals surface area contributed by atoms with Crippen LogP contribution in [0.5, 0.6) is 17.2 Å². The fourth-order valence-corrected chi connectivity index (χ4v) is 4.25. The summed E-state index contributed by atoms with van der Waals surface area (Å²) in [5, 5.41) is 12.1. The summed E-state index contributed by atoms with van der Waals surface area (Å²) in [6.45, 7) is 10.3. The van der Waals surface area contributed by atoms with Gasteiger partial charge in [0.15, 0.2) is 17.1 Å². The van der Waals surface area contributed by atoms with Gasteiger partial charge in [-0.3, -0.25) is 9.36 Å². The SMILES string of the molecule is C=CCn1c(SCC(=O)Nc2cc(OC)ccc2OC)nnc1C(C)Oc1cc(C)cc(C)c1. The van der Waals surface area contributed by atoms with E-state index < -0.39 is 0 Å². The molecule has 0 aliphatic heterocycles. The molecule has 1 atom stereocenters. The van der Waals surface area contributed by atoms with Crippen molar-refractivity contribution in [2.24, 2.45) is 0 Å². The summed E-state index contributed by atoms with van der Waals surface area (Å²) in [4.78, 5) is 12.6. The van der Waals surface area contributed by atoms with Gasteiger partial charge in [0.2, 0.25) is 5.91 Å². The van der Waals surface area contributed by atoms with Crippen LogP contribution < -0.4 is 19.5 Å². The first kappa shape index (κ1) is 25.2. The van der Waals surface area contributed by atoms with Crippen LogP contribution in [0.3, 0.4) is 0 Å². The summed E-state index contributed by atoms with van der Waals surface area (Å²) in [6, 6.07) is 11.3. The van der Waals surface area contributed by atoms with Gasteiger partial charge in [-0.2, -0.15) is 0 Å². The van der Waals surface area contributed by atoms with Gasteiger partial charge in [-0.25, -0.2) is 0 Å². The molecular weight excluding hydrogens is 452 g/mol. The number of aryl methyl sites for hydroxylation is 2. The first-order chi connectivity index (χ1) is 16.3. The van der Waals surface area contributed by atoms with E-state index in [1.807, 2.05) is 37.5 Å². The number of allylic oxidation sites excluding steroid dienone is 1. The molecule has 0 saturated heterocycles. The predicted molar refractivity (Wildman–Crippen MR) is 134 cm³/mol. The van der Waals surface area contributed by atoms with Gasteiger partial charge in [0.1, 0.15) is 17.2 Å². The van der Waals surface area contributed by atoms with E-state index in [0.717, 1.165) is 16.9 Å². The average Bonchev–Trinajstić information content (AvgIpc) is 3.20. The summed E-state index contributed by atoms with van der Waals surface area (Å²) in [7, 11) is 3.12. The van der Waals surface area contributed by atoms with Crippen molar-refractivity contribution in [3.05, 3.63) is 66.0 Å². The molecule has 0 spiro atoms. The third-order valence-electron chi connectivity index (χ3n) is 4.94. The lowest BCUT2D eigenvalue weighted by molar-refractivity contribution is -0.113. The monoisotopic (exact) mass is 482 g/mol. The van der Waals surface area contributed by atoms with Gasteiger partial charge in [0.25, 0.3) is 0 Å². The number of carbonyl (C=O) groups excluding carboxylic acids is 1. The predicted octanol–water partition coefficient (Wildman–Crippen LogP) is 4.97. The maximum absolute atomic E-state index is 12.6. The number of nitrogens with zero attached hydrogens (tertiary/aromatic N) is 3. The molecule has 1 amide bonds. The van der Waals surface area contributed by atoms with E-state index in [0.29, 0.717) is 34.7 Å². The van der Waals surface area contributed by atoms with Gasteiger partial charge < -0.3 is 19.5 Å². The number of nitrogens with one attached hydrogen (secondary N) is 1. The summed E-state index contributed by atoms with van der Waals surface area (Å²) in [5.41, 5.74) is 2.80. The zero-order valence-corrected chi connectivity index (χ0v) is 20.9. The van der Waals surface area contributed by atoms with Crippen molar-refractivity contribution in [3.8, 4) is 17.2 Å². The lowest BCUT2D eigenvalue weighted by Crippen LogP contribution is -2.16. The Kier molecular flexibility index (Phi) is 8.59. The molecule has 1 heterocycles. The van der Waals surface area contributed by atoms with Gasteiger partial charge in [-0.15, -0.1) is 16.8 Å². The number of hydrogen-bond acceptors (Lipinski definition) is 7. The molecule has 0 saturated carbocycles. The highest BCUT2D eigenvalue weighted by molar-refractivity contribution is 7.99. The molecule has 0 radical (unpaired) electrons. The Morgan fingerprint density at radius 1 is 1.12 bits per heavy atom. The van der Waals surface area contributed by atoms with Crippen LogP contribution in [0.15, 0.2) is 54.2 Å². The van der Waals surface area contributed by atoms with Crippen LogP contribution in [0.25, 0.3) is 0 Å². The normalized spacial score (nSPS) is 11.6. The Morgan fingerprint density at radius 3 is 2.50 bits per heavy atom. The number of aromatic nitrogens is 3. The van der Waals surface area contributed by atoms with E-state index in [4.69, 9.17) is 14.2 Å². The van der Waals surface area contributed by atoms with Gasteiger partial charge >= 0.3 is 0 Å². The topological polar surface area (TPSA) is 87.5 Å². The minimum atomic E-state index is -0.335. The fourth-order valence-electron chi connectivity index (χ4n) is 3.49. The molecule has 1 unspecified atom stereocenters. The Labute approximate surface area is 204 Å². The highest BCUT2D eigenvalue weighted by Crippen LogP contribution is 2.30. The standard InChI is InChI=1S/C25H30N4O4S/c1-7-10-29-24(18(4)33-20-12-16(2)11-17(3)13-20)27-28-25(29)34-15-23(30)26-21-14-19(31-5)8-9-22(21)32-6/h7-9,11-14,18H,1,10,15H2,2-6H3,(H,26,30). The van der Waals surface area contributed by atoms with E-state index >= 15 is 0 Å². The molecule has 8 nitrogen and oxygen atoms in total. The number of carbonyl (C=O) groups is 1. The first-order valence-corrected chi connectivity index (χ1v) is 11.8. The maximum Gasteiger partial charge on any atom is 0.234 e. The Morgan fingerprint density at radius 2 is 1.85 bits per heavy atom. The fraction of sp³-hybridized carbons (Fsp3) is 0.320. The second-order valence-electron chi connectivity index (χ2n) is 7.73. The van der Waals surface area contributed by atoms with E-state index in [1.165, 1.54) is 11.8 Å². The van der Waals surface area contributed by atoms with Crippen LogP contribution in [-0.2, 0) is 11.3 Å². The lowest BCUT2D eigenvalue weighted by atomic mass is 10.1. The van der Waals surface area contributed by atoms with Crippen molar-refractivity contribution in [1.29, 1.82) is 0 Å². The Balaban J connectivity index is 1.70.